The van der Waals surface area contributed by atoms with Gasteiger partial charge in [0.2, 0.25) is 0 Å². The molecule has 1 aromatic heterocycles. The number of nitrogens with zero attached hydrogens (tertiary/aromatic N) is 1. The van der Waals surface area contributed by atoms with Crippen LogP contribution in [-0.2, 0) is 0 Å². The van der Waals surface area contributed by atoms with Crippen molar-refractivity contribution in [3.63, 3.8) is 0 Å². The second-order valence-corrected chi connectivity index (χ2v) is 4.29. The number of nitrogens with two attached hydrogens (primary N) is 1. The molecule has 4 nitrogen and oxygen atoms in total. The van der Waals surface area contributed by atoms with Crippen LogP contribution in [0, 0.1) is 5.92 Å². The average molecular weight is 222 g/mol. The first kappa shape index (κ1) is 11.2. The summed E-state index contributed by atoms with van der Waals surface area (Å²) in [6.07, 6.45) is 4.73. The van der Waals surface area contributed by atoms with Gasteiger partial charge >= 0.3 is 0 Å². The van der Waals surface area contributed by atoms with Crippen LogP contribution in [0.5, 0.6) is 0 Å². The zero-order valence-electron chi connectivity index (χ0n) is 9.39. The molecule has 2 heterocycles. The van der Waals surface area contributed by atoms with Crippen LogP contribution in [0.4, 0.5) is 0 Å². The number of hydrogen-bond donors (Lipinski definition) is 1. The fourth-order valence-corrected chi connectivity index (χ4v) is 2.22. The summed E-state index contributed by atoms with van der Waals surface area (Å²) in [7, 11) is 0. The highest BCUT2D eigenvalue weighted by atomic mass is 16.3. The molecule has 1 aromatic rings. The quantitative estimate of drug-likeness (QED) is 0.842. The minimum absolute atomic E-state index is 0.0104. The smallest absolute Gasteiger partial charge is 0.289 e. The fourth-order valence-electron chi connectivity index (χ4n) is 2.22. The highest BCUT2D eigenvalue weighted by molar-refractivity contribution is 5.91. The van der Waals surface area contributed by atoms with Crippen LogP contribution in [0.2, 0.25) is 0 Å². The van der Waals surface area contributed by atoms with Gasteiger partial charge in [-0.05, 0) is 43.9 Å². The van der Waals surface area contributed by atoms with E-state index in [1.807, 2.05) is 4.90 Å². The lowest BCUT2D eigenvalue weighted by Crippen LogP contribution is -2.38. The van der Waals surface area contributed by atoms with Gasteiger partial charge < -0.3 is 15.1 Å². The largest absolute Gasteiger partial charge is 0.459 e. The summed E-state index contributed by atoms with van der Waals surface area (Å²) in [5.41, 5.74) is 5.54. The number of carbonyl (C=O) groups is 1. The molecule has 88 valence electrons. The molecule has 0 aliphatic carbocycles. The molecule has 0 bridgehead atoms. The third kappa shape index (κ3) is 2.44. The van der Waals surface area contributed by atoms with Crippen molar-refractivity contribution in [3.05, 3.63) is 24.2 Å². The standard InChI is InChI=1S/C12H18N2O2/c13-6-3-10-4-7-14(8-5-10)12(15)11-2-1-9-16-11/h1-2,9-10H,3-8,13H2. The maximum absolute atomic E-state index is 11.9. The van der Waals surface area contributed by atoms with Gasteiger partial charge in [0.05, 0.1) is 6.26 Å². The SMILES string of the molecule is NCCC1CCN(C(=O)c2ccco2)CC1. The van der Waals surface area contributed by atoms with E-state index in [2.05, 4.69) is 0 Å². The van der Waals surface area contributed by atoms with E-state index < -0.39 is 0 Å². The van der Waals surface area contributed by atoms with E-state index in [0.717, 1.165) is 38.9 Å². The van der Waals surface area contributed by atoms with E-state index >= 15 is 0 Å². The lowest BCUT2D eigenvalue weighted by Gasteiger charge is -2.31. The van der Waals surface area contributed by atoms with Gasteiger partial charge in [-0.3, -0.25) is 4.79 Å². The molecule has 0 saturated carbocycles. The van der Waals surface area contributed by atoms with Crippen LogP contribution in [0.25, 0.3) is 0 Å². The van der Waals surface area contributed by atoms with E-state index in [-0.39, 0.29) is 5.91 Å². The van der Waals surface area contributed by atoms with E-state index in [1.165, 1.54) is 6.26 Å². The molecule has 16 heavy (non-hydrogen) atoms. The van der Waals surface area contributed by atoms with Gasteiger partial charge in [-0.1, -0.05) is 0 Å². The Morgan fingerprint density at radius 2 is 2.25 bits per heavy atom. The summed E-state index contributed by atoms with van der Waals surface area (Å²) in [5, 5.41) is 0. The summed E-state index contributed by atoms with van der Waals surface area (Å²) in [6.45, 7) is 2.39. The third-order valence-electron chi connectivity index (χ3n) is 3.21. The van der Waals surface area contributed by atoms with Crippen molar-refractivity contribution in [3.8, 4) is 0 Å². The minimum Gasteiger partial charge on any atom is -0.459 e. The minimum atomic E-state index is 0.0104. The molecule has 0 aromatic carbocycles. The number of furan rings is 1. The molecule has 0 spiro atoms. The normalized spacial score (nSPS) is 17.7. The maximum atomic E-state index is 11.9. The van der Waals surface area contributed by atoms with E-state index in [0.29, 0.717) is 11.7 Å². The molecular weight excluding hydrogens is 204 g/mol. The van der Waals surface area contributed by atoms with E-state index in [4.69, 9.17) is 10.2 Å². The molecular formula is C12H18N2O2. The zero-order valence-corrected chi connectivity index (χ0v) is 9.39. The monoisotopic (exact) mass is 222 g/mol. The Bertz CT molecular complexity index is 327. The Morgan fingerprint density at radius 1 is 1.50 bits per heavy atom. The van der Waals surface area contributed by atoms with Gasteiger partial charge in [-0.15, -0.1) is 0 Å². The highest BCUT2D eigenvalue weighted by Crippen LogP contribution is 2.21. The van der Waals surface area contributed by atoms with Gasteiger partial charge in [0, 0.05) is 13.1 Å². The van der Waals surface area contributed by atoms with Crippen LogP contribution < -0.4 is 5.73 Å². The summed E-state index contributed by atoms with van der Waals surface area (Å²) < 4.78 is 5.11. The Balaban J connectivity index is 1.87. The first-order valence-corrected chi connectivity index (χ1v) is 5.84. The van der Waals surface area contributed by atoms with Gasteiger partial charge in [-0.2, -0.15) is 0 Å². The topological polar surface area (TPSA) is 59.5 Å². The van der Waals surface area contributed by atoms with Gasteiger partial charge in [-0.25, -0.2) is 0 Å². The molecule has 1 saturated heterocycles. The van der Waals surface area contributed by atoms with Crippen LogP contribution >= 0.6 is 0 Å². The number of hydrogen-bond acceptors (Lipinski definition) is 3. The molecule has 1 aliphatic rings. The number of likely N-dealkylation sites (tertiary alicyclic amines) is 1. The number of carbonyl (C=O) groups excluding carboxylic acids is 1. The summed E-state index contributed by atoms with van der Waals surface area (Å²) in [6, 6.07) is 3.46. The van der Waals surface area contributed by atoms with Crippen molar-refractivity contribution in [1.82, 2.24) is 4.90 Å². The molecule has 4 heteroatoms. The van der Waals surface area contributed by atoms with E-state index in [9.17, 15) is 4.79 Å². The van der Waals surface area contributed by atoms with Crippen molar-refractivity contribution < 1.29 is 9.21 Å². The average Bonchev–Trinajstić information content (AvgIpc) is 2.83. The van der Waals surface area contributed by atoms with Crippen LogP contribution in [-0.4, -0.2) is 30.4 Å². The predicted octanol–water partition coefficient (Wildman–Crippen LogP) is 1.48. The second kappa shape index (κ2) is 5.16. The number of piperidine rings is 1. The fraction of sp³-hybridized carbons (Fsp3) is 0.583. The van der Waals surface area contributed by atoms with Crippen LogP contribution in [0.1, 0.15) is 29.8 Å². The first-order chi connectivity index (χ1) is 7.81. The number of rotatable bonds is 3. The van der Waals surface area contributed by atoms with Gasteiger partial charge in [0.25, 0.3) is 5.91 Å². The maximum Gasteiger partial charge on any atom is 0.289 e. The molecule has 2 rings (SSSR count). The summed E-state index contributed by atoms with van der Waals surface area (Å²) in [5.74, 6) is 1.14. The van der Waals surface area contributed by atoms with Crippen LogP contribution in [0.3, 0.4) is 0 Å². The molecule has 1 fully saturated rings. The van der Waals surface area contributed by atoms with Gasteiger partial charge in [0.15, 0.2) is 5.76 Å². The van der Waals surface area contributed by atoms with E-state index in [1.54, 1.807) is 12.1 Å². The molecule has 1 aliphatic heterocycles. The lowest BCUT2D eigenvalue weighted by atomic mass is 9.93. The Labute approximate surface area is 95.4 Å². The van der Waals surface area contributed by atoms with Crippen LogP contribution in [0.15, 0.2) is 22.8 Å². The first-order valence-electron chi connectivity index (χ1n) is 5.84. The molecule has 0 atom stereocenters. The van der Waals surface area contributed by atoms with Crippen molar-refractivity contribution in [2.75, 3.05) is 19.6 Å². The predicted molar refractivity (Wildman–Crippen MR) is 61.0 cm³/mol. The molecule has 0 unspecified atom stereocenters. The van der Waals surface area contributed by atoms with Crippen molar-refractivity contribution in [2.45, 2.75) is 19.3 Å². The molecule has 0 radical (unpaired) electrons. The zero-order chi connectivity index (χ0) is 11.4. The highest BCUT2D eigenvalue weighted by Gasteiger charge is 2.24. The van der Waals surface area contributed by atoms with Crippen molar-refractivity contribution in [2.24, 2.45) is 11.7 Å². The second-order valence-electron chi connectivity index (χ2n) is 4.29. The van der Waals surface area contributed by atoms with Crippen molar-refractivity contribution in [1.29, 1.82) is 0 Å². The Hall–Kier alpha value is -1.29. The summed E-state index contributed by atoms with van der Waals surface area (Å²) >= 11 is 0. The number of amides is 1. The lowest BCUT2D eigenvalue weighted by molar-refractivity contribution is 0.0656. The molecule has 1 amide bonds. The van der Waals surface area contributed by atoms with Crippen molar-refractivity contribution >= 4 is 5.91 Å². The molecule has 2 N–H and O–H groups in total. The Morgan fingerprint density at radius 3 is 2.81 bits per heavy atom. The third-order valence-corrected chi connectivity index (χ3v) is 3.21. The summed E-state index contributed by atoms with van der Waals surface area (Å²) in [4.78, 5) is 13.8. The van der Waals surface area contributed by atoms with Gasteiger partial charge in [0.1, 0.15) is 0 Å². The Kier molecular flexibility index (Phi) is 3.62.